The molecule has 0 aromatic carbocycles. The Kier molecular flexibility index (Phi) is 7.07. The fraction of sp³-hybridized carbons (Fsp3) is 0.600. The maximum absolute atomic E-state index is 11.5. The fourth-order valence-corrected chi connectivity index (χ4v) is 1.94. The molecule has 0 bridgehead atoms. The number of pyridine rings is 1. The highest BCUT2D eigenvalue weighted by Crippen LogP contribution is 2.29. The lowest BCUT2D eigenvalue weighted by Gasteiger charge is -2.21. The van der Waals surface area contributed by atoms with Crippen LogP contribution in [-0.2, 0) is 4.74 Å². The molecule has 0 fully saturated rings. The summed E-state index contributed by atoms with van der Waals surface area (Å²) in [7, 11) is 1.29. The second-order valence-electron chi connectivity index (χ2n) is 6.28. The van der Waals surface area contributed by atoms with E-state index < -0.39 is 28.8 Å². The van der Waals surface area contributed by atoms with Crippen LogP contribution < -0.4 is 10.1 Å². The Morgan fingerprint density at radius 3 is 2.60 bits per heavy atom. The quantitative estimate of drug-likeness (QED) is 0.489. The molecule has 0 spiro atoms. The number of aliphatic hydroxyl groups is 2. The van der Waals surface area contributed by atoms with E-state index in [0.717, 1.165) is 12.3 Å². The first-order valence-electron chi connectivity index (χ1n) is 7.56. The Labute approximate surface area is 144 Å². The van der Waals surface area contributed by atoms with Crippen LogP contribution in [0.2, 0.25) is 0 Å². The molecule has 1 heterocycles. The summed E-state index contributed by atoms with van der Waals surface area (Å²) in [5.41, 5.74) is -1.00. The van der Waals surface area contributed by atoms with Crippen molar-refractivity contribution in [1.82, 2.24) is 10.3 Å². The van der Waals surface area contributed by atoms with E-state index in [0.29, 0.717) is 0 Å². The number of aromatic nitrogens is 1. The fourth-order valence-electron chi connectivity index (χ4n) is 1.94. The van der Waals surface area contributed by atoms with Gasteiger partial charge in [-0.25, -0.2) is 9.78 Å². The van der Waals surface area contributed by atoms with Crippen LogP contribution in [0.1, 0.15) is 38.9 Å². The summed E-state index contributed by atoms with van der Waals surface area (Å²) < 4.78 is 10.00. The number of nitrogens with one attached hydrogen (secondary N) is 1. The highest BCUT2D eigenvalue weighted by atomic mass is 16.6. The lowest BCUT2D eigenvalue weighted by atomic mass is 10.0. The number of hydrogen-bond acceptors (Lipinski definition) is 8. The highest BCUT2D eigenvalue weighted by molar-refractivity contribution is 5.67. The summed E-state index contributed by atoms with van der Waals surface area (Å²) in [6, 6.07) is 1.08. The van der Waals surface area contributed by atoms with Crippen LogP contribution in [0.15, 0.2) is 12.3 Å². The monoisotopic (exact) mass is 357 g/mol. The van der Waals surface area contributed by atoms with Gasteiger partial charge in [-0.05, 0) is 27.2 Å². The number of ether oxygens (including phenoxy) is 2. The zero-order valence-electron chi connectivity index (χ0n) is 14.6. The number of carbonyl (C=O) groups excluding carboxylic acids is 1. The SMILES string of the molecule is COc1ncc([N+](=O)[O-])cc1C(O)C(O)CCNC(=O)OC(C)(C)C. The number of rotatable bonds is 7. The molecular weight excluding hydrogens is 334 g/mol. The molecule has 3 N–H and O–H groups in total. The lowest BCUT2D eigenvalue weighted by Crippen LogP contribution is -2.34. The van der Waals surface area contributed by atoms with Crippen molar-refractivity contribution in [1.29, 1.82) is 0 Å². The van der Waals surface area contributed by atoms with Crippen molar-refractivity contribution in [3.63, 3.8) is 0 Å². The minimum absolute atomic E-state index is 0.00768. The number of amides is 1. The molecule has 0 aliphatic rings. The zero-order chi connectivity index (χ0) is 19.2. The number of alkyl carbamates (subject to hydrolysis) is 1. The van der Waals surface area contributed by atoms with E-state index in [1.54, 1.807) is 20.8 Å². The Morgan fingerprint density at radius 2 is 2.08 bits per heavy atom. The van der Waals surface area contributed by atoms with E-state index in [2.05, 4.69) is 10.3 Å². The van der Waals surface area contributed by atoms with Crippen LogP contribution in [0.5, 0.6) is 5.88 Å². The minimum atomic E-state index is -1.47. The van der Waals surface area contributed by atoms with Crippen molar-refractivity contribution in [2.75, 3.05) is 13.7 Å². The average Bonchev–Trinajstić information content (AvgIpc) is 2.51. The van der Waals surface area contributed by atoms with Gasteiger partial charge in [0.1, 0.15) is 17.9 Å². The molecule has 10 heteroatoms. The van der Waals surface area contributed by atoms with Crippen LogP contribution in [0, 0.1) is 10.1 Å². The number of nitrogens with zero attached hydrogens (tertiary/aromatic N) is 2. The third-order valence-corrected chi connectivity index (χ3v) is 3.06. The van der Waals surface area contributed by atoms with Crippen molar-refractivity contribution in [3.05, 3.63) is 27.9 Å². The zero-order valence-corrected chi connectivity index (χ0v) is 14.6. The molecule has 1 amide bonds. The molecule has 140 valence electrons. The maximum atomic E-state index is 11.5. The van der Waals surface area contributed by atoms with Gasteiger partial charge < -0.3 is 25.0 Å². The minimum Gasteiger partial charge on any atom is -0.481 e. The molecule has 25 heavy (non-hydrogen) atoms. The second-order valence-corrected chi connectivity index (χ2v) is 6.28. The summed E-state index contributed by atoms with van der Waals surface area (Å²) in [6.45, 7) is 5.18. The van der Waals surface area contributed by atoms with Gasteiger partial charge >= 0.3 is 6.09 Å². The molecule has 0 saturated heterocycles. The topological polar surface area (TPSA) is 144 Å². The van der Waals surface area contributed by atoms with E-state index in [1.807, 2.05) is 0 Å². The highest BCUT2D eigenvalue weighted by Gasteiger charge is 2.25. The van der Waals surface area contributed by atoms with E-state index in [4.69, 9.17) is 9.47 Å². The average molecular weight is 357 g/mol. The van der Waals surface area contributed by atoms with Gasteiger partial charge in [-0.15, -0.1) is 0 Å². The number of hydrogen-bond donors (Lipinski definition) is 3. The number of nitro groups is 1. The smallest absolute Gasteiger partial charge is 0.407 e. The van der Waals surface area contributed by atoms with Gasteiger partial charge in [-0.2, -0.15) is 0 Å². The second kappa shape index (κ2) is 8.58. The van der Waals surface area contributed by atoms with Gasteiger partial charge in [0.25, 0.3) is 5.69 Å². The Bertz CT molecular complexity index is 616. The molecule has 0 aliphatic heterocycles. The van der Waals surface area contributed by atoms with Crippen LogP contribution in [0.25, 0.3) is 0 Å². The first kappa shape index (κ1) is 20.6. The standard InChI is InChI=1S/C15H23N3O7/c1-15(2,3)25-14(21)16-6-5-11(19)12(20)10-7-9(18(22)23)8-17-13(10)24-4/h7-8,11-12,19-20H,5-6H2,1-4H3,(H,16,21). The van der Waals surface area contributed by atoms with Crippen LogP contribution in [0.3, 0.4) is 0 Å². The van der Waals surface area contributed by atoms with Gasteiger partial charge in [-0.1, -0.05) is 0 Å². The van der Waals surface area contributed by atoms with Crippen LogP contribution in [-0.4, -0.2) is 51.6 Å². The lowest BCUT2D eigenvalue weighted by molar-refractivity contribution is -0.385. The summed E-state index contributed by atoms with van der Waals surface area (Å²) in [4.78, 5) is 25.4. The summed E-state index contributed by atoms with van der Waals surface area (Å²) in [5.74, 6) is -0.0303. The molecular formula is C15H23N3O7. The third-order valence-electron chi connectivity index (χ3n) is 3.06. The van der Waals surface area contributed by atoms with Crippen molar-refractivity contribution >= 4 is 11.8 Å². The van der Waals surface area contributed by atoms with Gasteiger partial charge in [0.05, 0.1) is 23.7 Å². The summed E-state index contributed by atoms with van der Waals surface area (Å²) >= 11 is 0. The van der Waals surface area contributed by atoms with Crippen molar-refractivity contribution in [2.24, 2.45) is 0 Å². The molecule has 0 saturated carbocycles. The normalized spacial score (nSPS) is 13.7. The first-order valence-corrected chi connectivity index (χ1v) is 7.56. The van der Waals surface area contributed by atoms with E-state index in [9.17, 15) is 25.1 Å². The van der Waals surface area contributed by atoms with Crippen molar-refractivity contribution < 1.29 is 29.4 Å². The van der Waals surface area contributed by atoms with Gasteiger partial charge in [-0.3, -0.25) is 10.1 Å². The summed E-state index contributed by atoms with van der Waals surface area (Å²) in [5, 5.41) is 33.6. The largest absolute Gasteiger partial charge is 0.481 e. The predicted octanol–water partition coefficient (Wildman–Crippen LogP) is 1.31. The van der Waals surface area contributed by atoms with Gasteiger partial charge in [0.2, 0.25) is 5.88 Å². The Morgan fingerprint density at radius 1 is 1.44 bits per heavy atom. The van der Waals surface area contributed by atoms with Gasteiger partial charge in [0.15, 0.2) is 0 Å². The third kappa shape index (κ3) is 6.51. The van der Waals surface area contributed by atoms with E-state index >= 15 is 0 Å². The number of methoxy groups -OCH3 is 1. The molecule has 2 atom stereocenters. The van der Waals surface area contributed by atoms with Crippen LogP contribution in [0.4, 0.5) is 10.5 Å². The van der Waals surface area contributed by atoms with E-state index in [-0.39, 0.29) is 30.1 Å². The van der Waals surface area contributed by atoms with Crippen molar-refractivity contribution in [2.45, 2.75) is 45.0 Å². The van der Waals surface area contributed by atoms with Crippen molar-refractivity contribution in [3.8, 4) is 5.88 Å². The molecule has 10 nitrogen and oxygen atoms in total. The summed E-state index contributed by atoms with van der Waals surface area (Å²) in [6.07, 6.45) is -2.43. The Hall–Kier alpha value is -2.46. The Balaban J connectivity index is 2.70. The molecule has 1 aromatic rings. The predicted molar refractivity (Wildman–Crippen MR) is 87.3 cm³/mol. The molecule has 0 aliphatic carbocycles. The molecule has 1 aromatic heterocycles. The first-order chi connectivity index (χ1) is 11.5. The van der Waals surface area contributed by atoms with E-state index in [1.165, 1.54) is 7.11 Å². The number of aliphatic hydroxyl groups excluding tert-OH is 2. The molecule has 1 rings (SSSR count). The maximum Gasteiger partial charge on any atom is 0.407 e. The van der Waals surface area contributed by atoms with Crippen LogP contribution >= 0.6 is 0 Å². The van der Waals surface area contributed by atoms with Gasteiger partial charge in [0, 0.05) is 12.6 Å². The number of carbonyl (C=O) groups is 1. The molecule has 0 radical (unpaired) electrons. The molecule has 2 unspecified atom stereocenters.